The number of pyridine rings is 1. The van der Waals surface area contributed by atoms with Gasteiger partial charge in [0.15, 0.2) is 0 Å². The zero-order valence-electron chi connectivity index (χ0n) is 12.0. The molecule has 1 aromatic rings. The van der Waals surface area contributed by atoms with Crippen LogP contribution in [0.1, 0.15) is 53.1 Å². The standard InChI is InChI=1S/C15H20N2O3/c1-17(11-7-4-3-5-8-11)14(18)12-9-6-10-13(16-12)15(19)20-2/h6,9-11H,3-5,7-8H2,1-2H3. The van der Waals surface area contributed by atoms with E-state index in [1.54, 1.807) is 23.1 Å². The van der Waals surface area contributed by atoms with Crippen LogP contribution in [0.25, 0.3) is 0 Å². The maximum Gasteiger partial charge on any atom is 0.356 e. The second-order valence-corrected chi connectivity index (χ2v) is 5.11. The third-order valence-corrected chi connectivity index (χ3v) is 3.81. The minimum Gasteiger partial charge on any atom is -0.464 e. The van der Waals surface area contributed by atoms with Gasteiger partial charge in [-0.1, -0.05) is 25.3 Å². The molecular weight excluding hydrogens is 256 g/mol. The van der Waals surface area contributed by atoms with Gasteiger partial charge in [0.2, 0.25) is 0 Å². The van der Waals surface area contributed by atoms with Gasteiger partial charge in [0, 0.05) is 13.1 Å². The Morgan fingerprint density at radius 2 is 1.85 bits per heavy atom. The molecule has 1 aliphatic carbocycles. The van der Waals surface area contributed by atoms with Gasteiger partial charge in [-0.2, -0.15) is 0 Å². The van der Waals surface area contributed by atoms with Crippen LogP contribution in [0.4, 0.5) is 0 Å². The highest BCUT2D eigenvalue weighted by Crippen LogP contribution is 2.22. The molecule has 5 heteroatoms. The lowest BCUT2D eigenvalue weighted by Gasteiger charge is -2.31. The monoisotopic (exact) mass is 276 g/mol. The van der Waals surface area contributed by atoms with Crippen LogP contribution in [0.3, 0.4) is 0 Å². The molecule has 1 amide bonds. The number of rotatable bonds is 3. The lowest BCUT2D eigenvalue weighted by molar-refractivity contribution is 0.0593. The predicted octanol–water partition coefficient (Wildman–Crippen LogP) is 2.27. The summed E-state index contributed by atoms with van der Waals surface area (Å²) in [6, 6.07) is 5.11. The minimum atomic E-state index is -0.528. The summed E-state index contributed by atoms with van der Waals surface area (Å²) in [6.45, 7) is 0. The van der Waals surface area contributed by atoms with Crippen molar-refractivity contribution >= 4 is 11.9 Å². The molecule has 0 N–H and O–H groups in total. The van der Waals surface area contributed by atoms with E-state index in [-0.39, 0.29) is 17.6 Å². The molecule has 5 nitrogen and oxygen atoms in total. The molecule has 0 bridgehead atoms. The Bertz CT molecular complexity index is 496. The van der Waals surface area contributed by atoms with Gasteiger partial charge < -0.3 is 9.64 Å². The van der Waals surface area contributed by atoms with E-state index >= 15 is 0 Å². The third-order valence-electron chi connectivity index (χ3n) is 3.81. The predicted molar refractivity (Wildman–Crippen MR) is 74.5 cm³/mol. The molecule has 108 valence electrons. The SMILES string of the molecule is COC(=O)c1cccc(C(=O)N(C)C2CCCCC2)n1. The van der Waals surface area contributed by atoms with Crippen LogP contribution in [-0.4, -0.2) is 42.0 Å². The Morgan fingerprint density at radius 1 is 1.20 bits per heavy atom. The number of ether oxygens (including phenoxy) is 1. The quantitative estimate of drug-likeness (QED) is 0.795. The maximum atomic E-state index is 12.4. The zero-order chi connectivity index (χ0) is 14.5. The van der Waals surface area contributed by atoms with Crippen molar-refractivity contribution < 1.29 is 14.3 Å². The van der Waals surface area contributed by atoms with Crippen molar-refractivity contribution in [3.05, 3.63) is 29.6 Å². The third kappa shape index (κ3) is 3.15. The normalized spacial score (nSPS) is 15.7. The zero-order valence-corrected chi connectivity index (χ0v) is 12.0. The molecule has 0 atom stereocenters. The van der Waals surface area contributed by atoms with Crippen molar-refractivity contribution in [1.82, 2.24) is 9.88 Å². The van der Waals surface area contributed by atoms with Gasteiger partial charge in [0.1, 0.15) is 11.4 Å². The fourth-order valence-electron chi connectivity index (χ4n) is 2.59. The summed E-state index contributed by atoms with van der Waals surface area (Å²) in [6.07, 6.45) is 5.66. The molecule has 1 aromatic heterocycles. The number of carbonyl (C=O) groups is 2. The number of carbonyl (C=O) groups excluding carboxylic acids is 2. The van der Waals surface area contributed by atoms with Gasteiger partial charge in [-0.05, 0) is 25.0 Å². The Balaban J connectivity index is 2.13. The molecule has 0 radical (unpaired) electrons. The molecular formula is C15H20N2O3. The maximum absolute atomic E-state index is 12.4. The van der Waals surface area contributed by atoms with Crippen molar-refractivity contribution in [2.45, 2.75) is 38.1 Å². The van der Waals surface area contributed by atoms with Crippen LogP contribution >= 0.6 is 0 Å². The molecule has 0 aliphatic heterocycles. The first-order chi connectivity index (χ1) is 9.63. The van der Waals surface area contributed by atoms with Crippen molar-refractivity contribution in [2.75, 3.05) is 14.2 Å². The second kappa shape index (κ2) is 6.50. The number of esters is 1. The Kier molecular flexibility index (Phi) is 4.71. The summed E-state index contributed by atoms with van der Waals surface area (Å²) in [5.74, 6) is -0.664. The molecule has 2 rings (SSSR count). The molecule has 1 saturated carbocycles. The van der Waals surface area contributed by atoms with Crippen molar-refractivity contribution in [2.24, 2.45) is 0 Å². The molecule has 20 heavy (non-hydrogen) atoms. The van der Waals surface area contributed by atoms with Gasteiger partial charge >= 0.3 is 5.97 Å². The average Bonchev–Trinajstić information content (AvgIpc) is 2.53. The molecule has 0 unspecified atom stereocenters. The minimum absolute atomic E-state index is 0.136. The number of methoxy groups -OCH3 is 1. The van der Waals surface area contributed by atoms with E-state index in [9.17, 15) is 9.59 Å². The van der Waals surface area contributed by atoms with Crippen molar-refractivity contribution in [1.29, 1.82) is 0 Å². The van der Waals surface area contributed by atoms with Gasteiger partial charge in [0.25, 0.3) is 5.91 Å². The number of hydrogen-bond acceptors (Lipinski definition) is 4. The van der Waals surface area contributed by atoms with E-state index in [0.29, 0.717) is 5.69 Å². The molecule has 1 fully saturated rings. The van der Waals surface area contributed by atoms with E-state index in [0.717, 1.165) is 25.7 Å². The molecule has 0 saturated heterocycles. The van der Waals surface area contributed by atoms with Gasteiger partial charge in [-0.25, -0.2) is 9.78 Å². The van der Waals surface area contributed by atoms with Crippen LogP contribution in [0.5, 0.6) is 0 Å². The highest BCUT2D eigenvalue weighted by Gasteiger charge is 2.24. The number of hydrogen-bond donors (Lipinski definition) is 0. The molecule has 1 aliphatic rings. The molecule has 0 aromatic carbocycles. The van der Waals surface area contributed by atoms with E-state index in [1.165, 1.54) is 13.5 Å². The summed E-state index contributed by atoms with van der Waals surface area (Å²) >= 11 is 0. The summed E-state index contributed by atoms with van der Waals surface area (Å²) in [5, 5.41) is 0. The smallest absolute Gasteiger partial charge is 0.356 e. The highest BCUT2D eigenvalue weighted by molar-refractivity contribution is 5.94. The van der Waals surface area contributed by atoms with E-state index in [4.69, 9.17) is 0 Å². The van der Waals surface area contributed by atoms with Crippen LogP contribution in [0.15, 0.2) is 18.2 Å². The van der Waals surface area contributed by atoms with Crippen molar-refractivity contribution in [3.8, 4) is 0 Å². The first-order valence-electron chi connectivity index (χ1n) is 6.96. The Morgan fingerprint density at radius 3 is 2.50 bits per heavy atom. The van der Waals surface area contributed by atoms with Crippen LogP contribution < -0.4 is 0 Å². The van der Waals surface area contributed by atoms with Crippen LogP contribution in [-0.2, 0) is 4.74 Å². The number of nitrogens with zero attached hydrogens (tertiary/aromatic N) is 2. The highest BCUT2D eigenvalue weighted by atomic mass is 16.5. The van der Waals surface area contributed by atoms with Crippen molar-refractivity contribution in [3.63, 3.8) is 0 Å². The van der Waals surface area contributed by atoms with Crippen LogP contribution in [0, 0.1) is 0 Å². The number of aromatic nitrogens is 1. The van der Waals surface area contributed by atoms with Gasteiger partial charge in [-0.3, -0.25) is 4.79 Å². The van der Waals surface area contributed by atoms with Gasteiger partial charge in [0.05, 0.1) is 7.11 Å². The average molecular weight is 276 g/mol. The lowest BCUT2D eigenvalue weighted by atomic mass is 9.94. The first-order valence-corrected chi connectivity index (χ1v) is 6.96. The van der Waals surface area contributed by atoms with E-state index < -0.39 is 5.97 Å². The molecule has 1 heterocycles. The molecule has 0 spiro atoms. The fraction of sp³-hybridized carbons (Fsp3) is 0.533. The summed E-state index contributed by atoms with van der Waals surface area (Å²) in [5.41, 5.74) is 0.455. The fourth-order valence-corrected chi connectivity index (χ4v) is 2.59. The lowest BCUT2D eigenvalue weighted by Crippen LogP contribution is -2.38. The topological polar surface area (TPSA) is 59.5 Å². The first kappa shape index (κ1) is 14.5. The Labute approximate surface area is 118 Å². The van der Waals surface area contributed by atoms with E-state index in [1.807, 2.05) is 7.05 Å². The van der Waals surface area contributed by atoms with Gasteiger partial charge in [-0.15, -0.1) is 0 Å². The summed E-state index contributed by atoms with van der Waals surface area (Å²) in [4.78, 5) is 29.7. The summed E-state index contributed by atoms with van der Waals surface area (Å²) < 4.78 is 4.62. The Hall–Kier alpha value is -1.91. The van der Waals surface area contributed by atoms with E-state index in [2.05, 4.69) is 9.72 Å². The largest absolute Gasteiger partial charge is 0.464 e. The van der Waals surface area contributed by atoms with Crippen LogP contribution in [0.2, 0.25) is 0 Å². The second-order valence-electron chi connectivity index (χ2n) is 5.11. The summed E-state index contributed by atoms with van der Waals surface area (Å²) in [7, 11) is 3.11. The number of amides is 1.